The van der Waals surface area contributed by atoms with E-state index in [4.69, 9.17) is 0 Å². The number of hydrogen-bond donors (Lipinski definition) is 0. The van der Waals surface area contributed by atoms with Crippen LogP contribution in [0.2, 0.25) is 0 Å². The van der Waals surface area contributed by atoms with Gasteiger partial charge in [0.1, 0.15) is 6.29 Å². The summed E-state index contributed by atoms with van der Waals surface area (Å²) in [4.78, 5) is 30.6. The zero-order valence-electron chi connectivity index (χ0n) is 5.91. The van der Waals surface area contributed by atoms with Gasteiger partial charge < -0.3 is 9.53 Å². The van der Waals surface area contributed by atoms with Crippen molar-refractivity contribution >= 4 is 18.2 Å². The summed E-state index contributed by atoms with van der Waals surface area (Å²) in [7, 11) is 0. The van der Waals surface area contributed by atoms with Gasteiger partial charge in [-0.15, -0.1) is 0 Å². The van der Waals surface area contributed by atoms with E-state index in [1.54, 1.807) is 0 Å². The molecule has 0 rings (SSSR count). The summed E-state index contributed by atoms with van der Waals surface area (Å²) < 4.78 is 4.15. The van der Waals surface area contributed by atoms with Crippen LogP contribution in [-0.4, -0.2) is 18.2 Å². The Morgan fingerprint density at radius 1 is 1.45 bits per heavy atom. The lowest BCUT2D eigenvalue weighted by atomic mass is 10.3. The molecule has 4 heteroatoms. The maximum absolute atomic E-state index is 10.5. The largest absolute Gasteiger partial charge is 0.390 e. The van der Waals surface area contributed by atoms with Crippen molar-refractivity contribution in [1.82, 2.24) is 0 Å². The fourth-order valence-corrected chi connectivity index (χ4v) is 0.382. The quantitative estimate of drug-likeness (QED) is 0.253. The third-order valence-corrected chi connectivity index (χ3v) is 0.847. The minimum Gasteiger partial charge on any atom is -0.390 e. The van der Waals surface area contributed by atoms with Crippen molar-refractivity contribution in [3.8, 4) is 0 Å². The van der Waals surface area contributed by atoms with Crippen molar-refractivity contribution in [1.29, 1.82) is 0 Å². The number of aldehydes is 1. The Kier molecular flexibility index (Phi) is 4.64. The van der Waals surface area contributed by atoms with E-state index in [1.807, 2.05) is 0 Å². The third kappa shape index (κ3) is 5.02. The van der Waals surface area contributed by atoms with E-state index in [9.17, 15) is 14.4 Å². The van der Waals surface area contributed by atoms with Crippen LogP contribution >= 0.6 is 0 Å². The fourth-order valence-electron chi connectivity index (χ4n) is 0.382. The number of rotatable bonds is 4. The van der Waals surface area contributed by atoms with Crippen molar-refractivity contribution < 1.29 is 19.1 Å². The maximum atomic E-state index is 10.5. The molecular formula is C7H8O4. The highest BCUT2D eigenvalue weighted by Gasteiger charge is 2.05. The molecule has 0 heterocycles. The van der Waals surface area contributed by atoms with E-state index in [-0.39, 0.29) is 12.8 Å². The van der Waals surface area contributed by atoms with Crippen LogP contribution in [0.5, 0.6) is 0 Å². The molecule has 0 saturated carbocycles. The molecule has 0 saturated heterocycles. The first-order chi connectivity index (χ1) is 5.20. The Bertz CT molecular complexity index is 183. The Hall–Kier alpha value is -1.45. The molecule has 60 valence electrons. The van der Waals surface area contributed by atoms with Gasteiger partial charge in [-0.3, -0.25) is 4.79 Å². The second kappa shape index (κ2) is 5.34. The Labute approximate surface area is 63.8 Å². The molecule has 0 N–H and O–H groups in total. The van der Waals surface area contributed by atoms with Crippen LogP contribution in [-0.2, 0) is 19.1 Å². The predicted octanol–water partition coefficient (Wildman–Crippen LogP) is 0.221. The van der Waals surface area contributed by atoms with Gasteiger partial charge in [-0.1, -0.05) is 6.58 Å². The first-order valence-electron chi connectivity index (χ1n) is 3.01. The average Bonchev–Trinajstić information content (AvgIpc) is 2.00. The van der Waals surface area contributed by atoms with E-state index in [0.29, 0.717) is 6.29 Å². The topological polar surface area (TPSA) is 60.4 Å². The molecule has 0 aliphatic carbocycles. The van der Waals surface area contributed by atoms with Gasteiger partial charge in [0, 0.05) is 12.5 Å². The Balaban J connectivity index is 3.60. The maximum Gasteiger partial charge on any atom is 0.337 e. The first kappa shape index (κ1) is 9.55. The van der Waals surface area contributed by atoms with E-state index >= 15 is 0 Å². The van der Waals surface area contributed by atoms with Crippen LogP contribution in [0.4, 0.5) is 0 Å². The summed E-state index contributed by atoms with van der Waals surface area (Å²) in [6.45, 7) is 3.10. The highest BCUT2D eigenvalue weighted by Crippen LogP contribution is 1.90. The lowest BCUT2D eigenvalue weighted by Gasteiger charge is -1.95. The van der Waals surface area contributed by atoms with Gasteiger partial charge in [0.25, 0.3) is 0 Å². The average molecular weight is 156 g/mol. The van der Waals surface area contributed by atoms with E-state index in [0.717, 1.165) is 6.08 Å². The van der Waals surface area contributed by atoms with Gasteiger partial charge in [-0.05, 0) is 0 Å². The van der Waals surface area contributed by atoms with E-state index in [1.165, 1.54) is 0 Å². The molecule has 0 aliphatic rings. The standard InChI is InChI=1S/C7H8O4/c1-2-6(9)11-7(10)4-3-5-8/h2,5H,1,3-4H2. The van der Waals surface area contributed by atoms with Crippen molar-refractivity contribution in [2.45, 2.75) is 12.8 Å². The molecule has 0 spiro atoms. The van der Waals surface area contributed by atoms with Crippen molar-refractivity contribution in [3.05, 3.63) is 12.7 Å². The second-order valence-electron chi connectivity index (χ2n) is 1.70. The SMILES string of the molecule is C=CC(=O)OC(=O)CCC=O. The number of carbonyl (C=O) groups is 3. The monoisotopic (exact) mass is 156 g/mol. The minimum atomic E-state index is -0.791. The van der Waals surface area contributed by atoms with Crippen LogP contribution in [0.1, 0.15) is 12.8 Å². The van der Waals surface area contributed by atoms with Crippen LogP contribution < -0.4 is 0 Å². The summed E-state index contributed by atoms with van der Waals surface area (Å²) in [6, 6.07) is 0. The Morgan fingerprint density at radius 3 is 2.55 bits per heavy atom. The summed E-state index contributed by atoms with van der Waals surface area (Å²) in [5, 5.41) is 0. The first-order valence-corrected chi connectivity index (χ1v) is 3.01. The van der Waals surface area contributed by atoms with Gasteiger partial charge in [0.15, 0.2) is 0 Å². The molecule has 0 amide bonds. The van der Waals surface area contributed by atoms with Gasteiger partial charge in [-0.2, -0.15) is 0 Å². The molecule has 0 bridgehead atoms. The second-order valence-corrected chi connectivity index (χ2v) is 1.70. The third-order valence-electron chi connectivity index (χ3n) is 0.847. The van der Waals surface area contributed by atoms with Crippen LogP contribution in [0, 0.1) is 0 Å². The van der Waals surface area contributed by atoms with Gasteiger partial charge in [-0.25, -0.2) is 4.79 Å². The van der Waals surface area contributed by atoms with Crippen molar-refractivity contribution in [2.24, 2.45) is 0 Å². The lowest BCUT2D eigenvalue weighted by molar-refractivity contribution is -0.156. The number of esters is 2. The number of hydrogen-bond acceptors (Lipinski definition) is 4. The smallest absolute Gasteiger partial charge is 0.337 e. The summed E-state index contributed by atoms with van der Waals surface area (Å²) in [5.41, 5.74) is 0. The molecule has 4 nitrogen and oxygen atoms in total. The molecule has 0 unspecified atom stereocenters. The molecule has 0 aromatic heterocycles. The van der Waals surface area contributed by atoms with Gasteiger partial charge in [0.2, 0.25) is 0 Å². The molecule has 0 radical (unpaired) electrons. The summed E-state index contributed by atoms with van der Waals surface area (Å²) in [5.74, 6) is -1.50. The summed E-state index contributed by atoms with van der Waals surface area (Å²) >= 11 is 0. The minimum absolute atomic E-state index is 0.0664. The zero-order chi connectivity index (χ0) is 8.69. The number of carbonyl (C=O) groups excluding carboxylic acids is 3. The molecule has 0 aromatic rings. The molecule has 0 aromatic carbocycles. The molecule has 0 atom stereocenters. The Morgan fingerprint density at radius 2 is 2.09 bits per heavy atom. The molecule has 0 fully saturated rings. The fraction of sp³-hybridized carbons (Fsp3) is 0.286. The van der Waals surface area contributed by atoms with E-state index in [2.05, 4.69) is 11.3 Å². The van der Waals surface area contributed by atoms with Gasteiger partial charge >= 0.3 is 11.9 Å². The molecule has 0 aliphatic heterocycles. The number of ether oxygens (including phenoxy) is 1. The molecular weight excluding hydrogens is 148 g/mol. The van der Waals surface area contributed by atoms with Gasteiger partial charge in [0.05, 0.1) is 6.42 Å². The summed E-state index contributed by atoms with van der Waals surface area (Å²) in [6.07, 6.45) is 1.48. The zero-order valence-corrected chi connectivity index (χ0v) is 5.91. The van der Waals surface area contributed by atoms with Crippen molar-refractivity contribution in [2.75, 3.05) is 0 Å². The predicted molar refractivity (Wildman–Crippen MR) is 36.6 cm³/mol. The molecule has 11 heavy (non-hydrogen) atoms. The lowest BCUT2D eigenvalue weighted by Crippen LogP contribution is -2.09. The van der Waals surface area contributed by atoms with Crippen molar-refractivity contribution in [3.63, 3.8) is 0 Å². The van der Waals surface area contributed by atoms with E-state index < -0.39 is 11.9 Å². The van der Waals surface area contributed by atoms with Crippen LogP contribution in [0.3, 0.4) is 0 Å². The highest BCUT2D eigenvalue weighted by molar-refractivity contribution is 5.92. The van der Waals surface area contributed by atoms with Crippen LogP contribution in [0.25, 0.3) is 0 Å². The highest BCUT2D eigenvalue weighted by atomic mass is 16.6. The van der Waals surface area contributed by atoms with Crippen LogP contribution in [0.15, 0.2) is 12.7 Å². The normalized spacial score (nSPS) is 8.36.